The number of aromatic nitrogens is 2. The lowest BCUT2D eigenvalue weighted by Gasteiger charge is -2.30. The largest absolute Gasteiger partial charge is 0.493 e. The standard InChI is InChI=1S/C28H40N6O4S/c1-7-27(3,4)20-13-14-23(22(18-20)28(5,6)8-2)36-16-10-15-30-25(35)32-33-26-31-24(34-39-26)19-11-9-12-21(17-19)37-38-29/h9,11-14,17-18H,7-8,10,15-16,29H2,1-6H3,(H2,30,32,35)(H,31,33,34). The first-order chi connectivity index (χ1) is 18.6. The van der Waals surface area contributed by atoms with Gasteiger partial charge in [-0.15, -0.1) is 0 Å². The van der Waals surface area contributed by atoms with Gasteiger partial charge in [0.1, 0.15) is 5.75 Å². The van der Waals surface area contributed by atoms with Crippen LogP contribution in [0.3, 0.4) is 0 Å². The van der Waals surface area contributed by atoms with Crippen LogP contribution < -0.4 is 31.7 Å². The number of nitrogens with one attached hydrogen (secondary N) is 3. The molecule has 0 saturated heterocycles. The number of amides is 2. The molecule has 0 fully saturated rings. The van der Waals surface area contributed by atoms with Crippen molar-refractivity contribution in [1.82, 2.24) is 20.1 Å². The summed E-state index contributed by atoms with van der Waals surface area (Å²) in [6, 6.07) is 13.2. The van der Waals surface area contributed by atoms with E-state index < -0.39 is 0 Å². The summed E-state index contributed by atoms with van der Waals surface area (Å²) in [5.74, 6) is 6.73. The van der Waals surface area contributed by atoms with E-state index in [0.29, 0.717) is 41.8 Å². The molecule has 2 aromatic carbocycles. The minimum Gasteiger partial charge on any atom is -0.493 e. The van der Waals surface area contributed by atoms with Crippen molar-refractivity contribution in [2.75, 3.05) is 18.6 Å². The highest BCUT2D eigenvalue weighted by molar-refractivity contribution is 7.09. The van der Waals surface area contributed by atoms with E-state index in [4.69, 9.17) is 15.5 Å². The second-order valence-corrected chi connectivity index (χ2v) is 11.3. The van der Waals surface area contributed by atoms with Gasteiger partial charge in [-0.25, -0.2) is 10.2 Å². The van der Waals surface area contributed by atoms with Crippen LogP contribution in [0.2, 0.25) is 0 Å². The van der Waals surface area contributed by atoms with Crippen molar-refractivity contribution in [2.24, 2.45) is 5.90 Å². The van der Waals surface area contributed by atoms with Gasteiger partial charge in [-0.05, 0) is 53.9 Å². The van der Waals surface area contributed by atoms with Gasteiger partial charge >= 0.3 is 6.03 Å². The number of carbonyl (C=O) groups excluding carboxylic acids is 1. The lowest BCUT2D eigenvalue weighted by atomic mass is 9.76. The molecular weight excluding hydrogens is 516 g/mol. The molecule has 11 heteroatoms. The van der Waals surface area contributed by atoms with Gasteiger partial charge in [-0.3, -0.25) is 5.43 Å². The predicted molar refractivity (Wildman–Crippen MR) is 155 cm³/mol. The van der Waals surface area contributed by atoms with Crippen molar-refractivity contribution in [3.63, 3.8) is 0 Å². The molecule has 1 aromatic heterocycles. The van der Waals surface area contributed by atoms with Gasteiger partial charge in [0.25, 0.3) is 0 Å². The lowest BCUT2D eigenvalue weighted by Crippen LogP contribution is -2.39. The van der Waals surface area contributed by atoms with E-state index >= 15 is 0 Å². The molecule has 0 radical (unpaired) electrons. The third-order valence-electron chi connectivity index (χ3n) is 7.07. The van der Waals surface area contributed by atoms with Crippen molar-refractivity contribution in [2.45, 2.75) is 71.6 Å². The topological polar surface area (TPSA) is 133 Å². The van der Waals surface area contributed by atoms with Gasteiger partial charge in [-0.2, -0.15) is 15.3 Å². The van der Waals surface area contributed by atoms with Crippen LogP contribution in [0.5, 0.6) is 11.5 Å². The van der Waals surface area contributed by atoms with Gasteiger partial charge in [0, 0.05) is 29.2 Å². The second kappa shape index (κ2) is 13.6. The summed E-state index contributed by atoms with van der Waals surface area (Å²) in [6.45, 7) is 14.4. The number of nitrogens with two attached hydrogens (primary N) is 1. The second-order valence-electron chi connectivity index (χ2n) is 10.5. The third kappa shape index (κ3) is 8.29. The first-order valence-electron chi connectivity index (χ1n) is 13.1. The molecule has 0 aliphatic rings. The summed E-state index contributed by atoms with van der Waals surface area (Å²) in [4.78, 5) is 25.6. The highest BCUT2D eigenvalue weighted by atomic mass is 32.1. The van der Waals surface area contributed by atoms with E-state index in [2.05, 4.69) is 90.3 Å². The average Bonchev–Trinajstić information content (AvgIpc) is 3.41. The molecule has 39 heavy (non-hydrogen) atoms. The smallest absolute Gasteiger partial charge is 0.333 e. The SMILES string of the molecule is CCC(C)(C)c1ccc(OCCCNC(=O)NNc2nc(-c3cccc(OON)c3)ns2)c(C(C)(C)CC)c1. The number of ether oxygens (including phenoxy) is 1. The Morgan fingerprint density at radius 1 is 1.05 bits per heavy atom. The molecule has 0 unspecified atom stereocenters. The zero-order valence-corrected chi connectivity index (χ0v) is 24.4. The number of hydrogen-bond donors (Lipinski definition) is 4. The van der Waals surface area contributed by atoms with Gasteiger partial charge in [0.2, 0.25) is 5.13 Å². The fourth-order valence-electron chi connectivity index (χ4n) is 3.74. The van der Waals surface area contributed by atoms with Crippen molar-refractivity contribution >= 4 is 22.7 Å². The van der Waals surface area contributed by atoms with E-state index in [1.807, 2.05) is 6.07 Å². The molecule has 0 spiro atoms. The fraction of sp³-hybridized carbons (Fsp3) is 0.464. The maximum Gasteiger partial charge on any atom is 0.333 e. The van der Waals surface area contributed by atoms with Crippen molar-refractivity contribution in [1.29, 1.82) is 0 Å². The number of urea groups is 1. The summed E-state index contributed by atoms with van der Waals surface area (Å²) in [5.41, 5.74) is 8.72. The molecule has 0 bridgehead atoms. The Labute approximate surface area is 234 Å². The summed E-state index contributed by atoms with van der Waals surface area (Å²) >= 11 is 1.11. The number of nitrogens with zero attached hydrogens (tertiary/aromatic N) is 2. The molecule has 0 aliphatic carbocycles. The quantitative estimate of drug-likeness (QED) is 0.110. The number of carbonyl (C=O) groups is 1. The monoisotopic (exact) mass is 556 g/mol. The molecule has 0 aliphatic heterocycles. The summed E-state index contributed by atoms with van der Waals surface area (Å²) in [6.07, 6.45) is 2.74. The third-order valence-corrected chi connectivity index (χ3v) is 7.70. The minimum absolute atomic E-state index is 0.00101. The van der Waals surface area contributed by atoms with Crippen LogP contribution >= 0.6 is 11.5 Å². The molecule has 10 nitrogen and oxygen atoms in total. The van der Waals surface area contributed by atoms with E-state index in [9.17, 15) is 4.79 Å². The van der Waals surface area contributed by atoms with Crippen molar-refractivity contribution in [3.8, 4) is 22.9 Å². The van der Waals surface area contributed by atoms with Gasteiger partial charge in [0.05, 0.1) is 6.61 Å². The maximum atomic E-state index is 12.2. The van der Waals surface area contributed by atoms with E-state index in [0.717, 1.165) is 30.1 Å². The molecule has 3 rings (SSSR count). The van der Waals surface area contributed by atoms with E-state index in [-0.39, 0.29) is 16.9 Å². The Hall–Kier alpha value is -3.41. The Kier molecular flexibility index (Phi) is 10.5. The van der Waals surface area contributed by atoms with Gasteiger partial charge in [-0.1, -0.05) is 70.8 Å². The molecule has 212 valence electrons. The Balaban J connectivity index is 1.46. The number of anilines is 1. The Bertz CT molecular complexity index is 1230. The normalized spacial score (nSPS) is 11.7. The predicted octanol–water partition coefficient (Wildman–Crippen LogP) is 5.86. The van der Waals surface area contributed by atoms with Crippen LogP contribution in [-0.2, 0) is 15.8 Å². The number of rotatable bonds is 14. The van der Waals surface area contributed by atoms with Gasteiger partial charge in [0.15, 0.2) is 11.6 Å². The summed E-state index contributed by atoms with van der Waals surface area (Å²) < 4.78 is 10.5. The first-order valence-corrected chi connectivity index (χ1v) is 13.9. The number of benzene rings is 2. The van der Waals surface area contributed by atoms with Gasteiger partial charge < -0.3 is 14.9 Å². The Morgan fingerprint density at radius 2 is 1.82 bits per heavy atom. The van der Waals surface area contributed by atoms with Crippen molar-refractivity contribution < 1.29 is 19.4 Å². The molecule has 0 saturated carbocycles. The molecule has 1 heterocycles. The lowest BCUT2D eigenvalue weighted by molar-refractivity contribution is -0.211. The van der Waals surface area contributed by atoms with Crippen LogP contribution in [0.4, 0.5) is 9.93 Å². The summed E-state index contributed by atoms with van der Waals surface area (Å²) in [7, 11) is 0. The highest BCUT2D eigenvalue weighted by Crippen LogP contribution is 2.38. The maximum absolute atomic E-state index is 12.2. The van der Waals surface area contributed by atoms with E-state index in [1.165, 1.54) is 11.1 Å². The van der Waals surface area contributed by atoms with Crippen LogP contribution in [-0.4, -0.2) is 28.5 Å². The van der Waals surface area contributed by atoms with Crippen molar-refractivity contribution in [3.05, 3.63) is 53.6 Å². The zero-order valence-electron chi connectivity index (χ0n) is 23.6. The van der Waals surface area contributed by atoms with Crippen LogP contribution in [0.15, 0.2) is 42.5 Å². The Morgan fingerprint density at radius 3 is 2.54 bits per heavy atom. The summed E-state index contributed by atoms with van der Waals surface area (Å²) in [5, 5.41) is 3.25. The molecule has 3 aromatic rings. The zero-order chi connectivity index (χ0) is 28.5. The molecule has 5 N–H and O–H groups in total. The molecule has 2 amide bonds. The molecule has 0 atom stereocenters. The van der Waals surface area contributed by atoms with Crippen LogP contribution in [0.1, 0.15) is 71.9 Å². The minimum atomic E-state index is -0.374. The molecular formula is C28H40N6O4S. The number of hydrazine groups is 1. The first kappa shape index (κ1) is 30.1. The number of hydrogen-bond acceptors (Lipinski definition) is 9. The fourth-order valence-corrected chi connectivity index (χ4v) is 4.29. The van der Waals surface area contributed by atoms with Crippen LogP contribution in [0, 0.1) is 0 Å². The average molecular weight is 557 g/mol. The highest BCUT2D eigenvalue weighted by Gasteiger charge is 2.26. The van der Waals surface area contributed by atoms with E-state index in [1.54, 1.807) is 18.2 Å². The van der Waals surface area contributed by atoms with Crippen LogP contribution in [0.25, 0.3) is 11.4 Å².